The molecule has 0 saturated heterocycles. The first-order valence-corrected chi connectivity index (χ1v) is 9.61. The summed E-state index contributed by atoms with van der Waals surface area (Å²) in [5.41, 5.74) is 2.38. The minimum atomic E-state index is 0.136. The Morgan fingerprint density at radius 1 is 1.12 bits per heavy atom. The van der Waals surface area contributed by atoms with Crippen LogP contribution in [0.2, 0.25) is 0 Å². The second kappa shape index (κ2) is 9.36. The van der Waals surface area contributed by atoms with Crippen molar-refractivity contribution in [3.63, 3.8) is 0 Å². The van der Waals surface area contributed by atoms with Gasteiger partial charge in [0.25, 0.3) is 0 Å². The van der Waals surface area contributed by atoms with Crippen molar-refractivity contribution >= 4 is 17.2 Å². The van der Waals surface area contributed by atoms with Crippen LogP contribution in [-0.4, -0.2) is 35.6 Å². The van der Waals surface area contributed by atoms with Crippen molar-refractivity contribution in [2.45, 2.75) is 19.5 Å². The van der Waals surface area contributed by atoms with Crippen LogP contribution in [0.25, 0.3) is 0 Å². The Morgan fingerprint density at radius 2 is 1.96 bits per heavy atom. The Kier molecular flexibility index (Phi) is 6.63. The lowest BCUT2D eigenvalue weighted by Crippen LogP contribution is -2.35. The van der Waals surface area contributed by atoms with Gasteiger partial charge in [0.2, 0.25) is 5.91 Å². The van der Waals surface area contributed by atoms with Crippen molar-refractivity contribution in [1.29, 1.82) is 0 Å². The van der Waals surface area contributed by atoms with Crippen molar-refractivity contribution in [3.05, 3.63) is 82.3 Å². The molecule has 26 heavy (non-hydrogen) atoms. The van der Waals surface area contributed by atoms with E-state index in [4.69, 9.17) is 4.74 Å². The maximum absolute atomic E-state index is 12.8. The number of carbonyl (C=O) groups excluding carboxylic acids is 1. The number of thiophene rings is 1. The molecule has 4 nitrogen and oxygen atoms in total. The average Bonchev–Trinajstić information content (AvgIpc) is 3.31. The summed E-state index contributed by atoms with van der Waals surface area (Å²) in [4.78, 5) is 15.8. The van der Waals surface area contributed by atoms with Crippen LogP contribution in [0.3, 0.4) is 0 Å². The largest absolute Gasteiger partial charge is 0.383 e. The molecule has 1 amide bonds. The minimum absolute atomic E-state index is 0.136. The van der Waals surface area contributed by atoms with E-state index in [1.54, 1.807) is 18.4 Å². The molecule has 3 aromatic rings. The van der Waals surface area contributed by atoms with E-state index < -0.39 is 0 Å². The summed E-state index contributed by atoms with van der Waals surface area (Å²) >= 11 is 1.62. The van der Waals surface area contributed by atoms with Gasteiger partial charge in [-0.3, -0.25) is 4.79 Å². The summed E-state index contributed by atoms with van der Waals surface area (Å²) in [6, 6.07) is 18.5. The van der Waals surface area contributed by atoms with Crippen molar-refractivity contribution < 1.29 is 9.53 Å². The number of hydrogen-bond donors (Lipinski definition) is 0. The second-order valence-electron chi connectivity index (χ2n) is 6.18. The fourth-order valence-corrected chi connectivity index (χ4v) is 3.59. The molecular weight excluding hydrogens is 344 g/mol. The quantitative estimate of drug-likeness (QED) is 0.575. The van der Waals surface area contributed by atoms with E-state index >= 15 is 0 Å². The fourth-order valence-electron chi connectivity index (χ4n) is 2.89. The molecule has 1 aromatic carbocycles. The molecule has 0 spiro atoms. The third kappa shape index (κ3) is 5.07. The van der Waals surface area contributed by atoms with Gasteiger partial charge in [-0.2, -0.15) is 0 Å². The van der Waals surface area contributed by atoms with Crippen LogP contribution in [0, 0.1) is 0 Å². The third-order valence-corrected chi connectivity index (χ3v) is 5.17. The molecule has 3 rings (SSSR count). The van der Waals surface area contributed by atoms with Gasteiger partial charge in [0.05, 0.1) is 19.6 Å². The Morgan fingerprint density at radius 3 is 2.69 bits per heavy atom. The molecule has 0 aliphatic rings. The van der Waals surface area contributed by atoms with Crippen LogP contribution < -0.4 is 0 Å². The summed E-state index contributed by atoms with van der Waals surface area (Å²) in [7, 11) is 1.67. The van der Waals surface area contributed by atoms with Gasteiger partial charge in [0, 0.05) is 37.0 Å². The summed E-state index contributed by atoms with van der Waals surface area (Å²) in [5.74, 6) is 0.136. The molecule has 0 aliphatic heterocycles. The van der Waals surface area contributed by atoms with Gasteiger partial charge in [0.1, 0.15) is 0 Å². The van der Waals surface area contributed by atoms with Crippen molar-refractivity contribution in [3.8, 4) is 0 Å². The first-order valence-electron chi connectivity index (χ1n) is 8.73. The molecule has 0 atom stereocenters. The van der Waals surface area contributed by atoms with Gasteiger partial charge in [-0.25, -0.2) is 0 Å². The number of methoxy groups -OCH3 is 1. The molecule has 0 bridgehead atoms. The zero-order chi connectivity index (χ0) is 18.2. The van der Waals surface area contributed by atoms with Gasteiger partial charge in [-0.15, -0.1) is 11.3 Å². The predicted molar refractivity (Wildman–Crippen MR) is 105 cm³/mol. The first kappa shape index (κ1) is 18.4. The average molecular weight is 369 g/mol. The number of aromatic nitrogens is 1. The molecule has 0 aliphatic carbocycles. The lowest BCUT2D eigenvalue weighted by molar-refractivity contribution is -0.131. The number of benzene rings is 1. The highest BCUT2D eigenvalue weighted by Crippen LogP contribution is 2.14. The van der Waals surface area contributed by atoms with Gasteiger partial charge in [0.15, 0.2) is 0 Å². The van der Waals surface area contributed by atoms with Gasteiger partial charge >= 0.3 is 0 Å². The molecule has 0 unspecified atom stereocenters. The standard InChI is InChI=1S/C21H24N2O2S/c1-25-13-12-23(21(24)15-20-10-6-14-26-20)17-19-9-5-11-22(19)16-18-7-3-2-4-8-18/h2-11,14H,12-13,15-17H2,1H3. The van der Waals surface area contributed by atoms with E-state index in [1.165, 1.54) is 5.56 Å². The zero-order valence-corrected chi connectivity index (χ0v) is 15.8. The highest BCUT2D eigenvalue weighted by atomic mass is 32.1. The van der Waals surface area contributed by atoms with E-state index in [0.29, 0.717) is 26.1 Å². The van der Waals surface area contributed by atoms with Gasteiger partial charge in [-0.1, -0.05) is 36.4 Å². The molecule has 0 saturated carbocycles. The molecule has 2 aromatic heterocycles. The highest BCUT2D eigenvalue weighted by molar-refractivity contribution is 7.10. The van der Waals surface area contributed by atoms with Gasteiger partial charge in [-0.05, 0) is 29.1 Å². The molecule has 0 radical (unpaired) electrons. The molecule has 0 fully saturated rings. The van der Waals surface area contributed by atoms with Gasteiger partial charge < -0.3 is 14.2 Å². The number of carbonyl (C=O) groups is 1. The van der Waals surface area contributed by atoms with Crippen LogP contribution in [0.4, 0.5) is 0 Å². The number of nitrogens with zero attached hydrogens (tertiary/aromatic N) is 2. The third-order valence-electron chi connectivity index (χ3n) is 4.30. The van der Waals surface area contributed by atoms with Crippen LogP contribution in [0.15, 0.2) is 66.2 Å². The smallest absolute Gasteiger partial charge is 0.228 e. The maximum Gasteiger partial charge on any atom is 0.228 e. The molecule has 0 N–H and O–H groups in total. The van der Waals surface area contributed by atoms with E-state index in [0.717, 1.165) is 17.1 Å². The normalized spacial score (nSPS) is 10.8. The van der Waals surface area contributed by atoms with Crippen molar-refractivity contribution in [1.82, 2.24) is 9.47 Å². The van der Waals surface area contributed by atoms with Crippen molar-refractivity contribution in [2.75, 3.05) is 20.3 Å². The van der Waals surface area contributed by atoms with Crippen molar-refractivity contribution in [2.24, 2.45) is 0 Å². The summed E-state index contributed by atoms with van der Waals surface area (Å²) < 4.78 is 7.41. The van der Waals surface area contributed by atoms with Crippen LogP contribution >= 0.6 is 11.3 Å². The number of ether oxygens (including phenoxy) is 1. The second-order valence-corrected chi connectivity index (χ2v) is 7.21. The highest BCUT2D eigenvalue weighted by Gasteiger charge is 2.16. The molecule has 2 heterocycles. The molecule has 5 heteroatoms. The molecule has 136 valence electrons. The number of amides is 1. The lowest BCUT2D eigenvalue weighted by Gasteiger charge is -2.23. The Balaban J connectivity index is 1.70. The minimum Gasteiger partial charge on any atom is -0.383 e. The Bertz CT molecular complexity index is 797. The SMILES string of the molecule is COCCN(Cc1cccn1Cc1ccccc1)C(=O)Cc1cccs1. The van der Waals surface area contributed by atoms with Crippen LogP contribution in [-0.2, 0) is 29.0 Å². The topological polar surface area (TPSA) is 34.5 Å². The van der Waals surface area contributed by atoms with Crippen LogP contribution in [0.5, 0.6) is 0 Å². The summed E-state index contributed by atoms with van der Waals surface area (Å²) in [6.45, 7) is 2.53. The number of hydrogen-bond acceptors (Lipinski definition) is 3. The van der Waals surface area contributed by atoms with E-state index in [-0.39, 0.29) is 5.91 Å². The Labute approximate surface area is 158 Å². The lowest BCUT2D eigenvalue weighted by atomic mass is 10.2. The zero-order valence-electron chi connectivity index (χ0n) is 15.0. The molecular formula is C21H24N2O2S. The predicted octanol–water partition coefficient (Wildman–Crippen LogP) is 3.82. The first-order chi connectivity index (χ1) is 12.8. The Hall–Kier alpha value is -2.37. The monoisotopic (exact) mass is 368 g/mol. The number of rotatable bonds is 9. The summed E-state index contributed by atoms with van der Waals surface area (Å²) in [6.07, 6.45) is 2.52. The van der Waals surface area contributed by atoms with Crippen LogP contribution in [0.1, 0.15) is 16.1 Å². The fraction of sp³-hybridized carbons (Fsp3) is 0.286. The summed E-state index contributed by atoms with van der Waals surface area (Å²) in [5, 5.41) is 2.01. The van der Waals surface area contributed by atoms with E-state index in [9.17, 15) is 4.79 Å². The van der Waals surface area contributed by atoms with E-state index in [2.05, 4.69) is 29.0 Å². The maximum atomic E-state index is 12.8. The van der Waals surface area contributed by atoms with E-state index in [1.807, 2.05) is 46.7 Å².